The topological polar surface area (TPSA) is 169 Å². The van der Waals surface area contributed by atoms with Gasteiger partial charge in [0.15, 0.2) is 6.29 Å². The summed E-state index contributed by atoms with van der Waals surface area (Å²) in [5, 5.41) is 66.8. The summed E-state index contributed by atoms with van der Waals surface area (Å²) in [5.74, 6) is 0. The molecular formula is C12H21FO10. The predicted octanol–water partition coefficient (Wildman–Crippen LogP) is -4.42. The van der Waals surface area contributed by atoms with Crippen molar-refractivity contribution in [2.24, 2.45) is 0 Å². The molecule has 7 N–H and O–H groups in total. The fourth-order valence-corrected chi connectivity index (χ4v) is 2.54. The van der Waals surface area contributed by atoms with Crippen molar-refractivity contribution >= 4 is 0 Å². The van der Waals surface area contributed by atoms with Gasteiger partial charge in [0, 0.05) is 0 Å². The summed E-state index contributed by atoms with van der Waals surface area (Å²) in [6.07, 6.45) is -16.8. The van der Waals surface area contributed by atoms with Crippen LogP contribution < -0.4 is 0 Å². The highest BCUT2D eigenvalue weighted by molar-refractivity contribution is 4.93. The first-order chi connectivity index (χ1) is 10.8. The molecule has 136 valence electrons. The lowest BCUT2D eigenvalue weighted by atomic mass is 9.97. The van der Waals surface area contributed by atoms with Crippen molar-refractivity contribution in [3.63, 3.8) is 0 Å². The van der Waals surface area contributed by atoms with Crippen LogP contribution >= 0.6 is 0 Å². The van der Waals surface area contributed by atoms with E-state index in [-0.39, 0.29) is 0 Å². The molecule has 2 aliphatic heterocycles. The predicted molar refractivity (Wildman–Crippen MR) is 67.5 cm³/mol. The molecular weight excluding hydrogens is 323 g/mol. The van der Waals surface area contributed by atoms with Gasteiger partial charge < -0.3 is 50.0 Å². The van der Waals surface area contributed by atoms with Crippen LogP contribution in [0.5, 0.6) is 0 Å². The highest BCUT2D eigenvalue weighted by Gasteiger charge is 2.50. The van der Waals surface area contributed by atoms with Gasteiger partial charge in [0.1, 0.15) is 48.8 Å². The molecule has 0 amide bonds. The fraction of sp³-hybridized carbons (Fsp3) is 1.00. The van der Waals surface area contributed by atoms with Gasteiger partial charge >= 0.3 is 0 Å². The number of ether oxygens (including phenoxy) is 3. The van der Waals surface area contributed by atoms with E-state index in [0.29, 0.717) is 0 Å². The number of aliphatic hydroxyl groups is 7. The average molecular weight is 344 g/mol. The first kappa shape index (κ1) is 18.9. The van der Waals surface area contributed by atoms with Crippen LogP contribution in [0.2, 0.25) is 0 Å². The first-order valence-corrected chi connectivity index (χ1v) is 7.04. The zero-order valence-corrected chi connectivity index (χ0v) is 11.9. The summed E-state index contributed by atoms with van der Waals surface area (Å²) in [6.45, 7) is -1.45. The van der Waals surface area contributed by atoms with Gasteiger partial charge in [0.2, 0.25) is 6.36 Å². The summed E-state index contributed by atoms with van der Waals surface area (Å²) in [7, 11) is 0. The number of hydrogen-bond acceptors (Lipinski definition) is 10. The minimum absolute atomic E-state index is 0.687. The Balaban J connectivity index is 2.11. The highest BCUT2D eigenvalue weighted by atomic mass is 19.1. The van der Waals surface area contributed by atoms with Crippen molar-refractivity contribution in [2.45, 2.75) is 61.5 Å². The monoisotopic (exact) mass is 344 g/mol. The molecule has 2 heterocycles. The Morgan fingerprint density at radius 2 is 1.35 bits per heavy atom. The van der Waals surface area contributed by atoms with E-state index in [1.807, 2.05) is 0 Å². The first-order valence-electron chi connectivity index (χ1n) is 7.04. The van der Waals surface area contributed by atoms with Crippen LogP contribution in [0.1, 0.15) is 0 Å². The number of rotatable bonds is 4. The minimum Gasteiger partial charge on any atom is -0.394 e. The number of aliphatic hydroxyl groups excluding tert-OH is 7. The van der Waals surface area contributed by atoms with E-state index in [1.165, 1.54) is 0 Å². The van der Waals surface area contributed by atoms with Crippen LogP contribution in [0.25, 0.3) is 0 Å². The van der Waals surface area contributed by atoms with Crippen molar-refractivity contribution in [3.05, 3.63) is 0 Å². The maximum Gasteiger partial charge on any atom is 0.228 e. The van der Waals surface area contributed by atoms with Crippen LogP contribution in [0, 0.1) is 0 Å². The number of alkyl halides is 1. The maximum atomic E-state index is 13.3. The molecule has 0 bridgehead atoms. The van der Waals surface area contributed by atoms with Gasteiger partial charge in [-0.25, -0.2) is 4.39 Å². The Hall–Kier alpha value is -0.470. The molecule has 0 aromatic rings. The molecule has 0 aromatic carbocycles. The summed E-state index contributed by atoms with van der Waals surface area (Å²) in [6, 6.07) is 0. The second-order valence-corrected chi connectivity index (χ2v) is 5.49. The molecule has 23 heavy (non-hydrogen) atoms. The fourth-order valence-electron chi connectivity index (χ4n) is 2.54. The second kappa shape index (κ2) is 7.61. The summed E-state index contributed by atoms with van der Waals surface area (Å²) in [4.78, 5) is 0. The minimum atomic E-state index is -2.24. The molecule has 10 nitrogen and oxygen atoms in total. The van der Waals surface area contributed by atoms with Gasteiger partial charge in [-0.05, 0) is 0 Å². The van der Waals surface area contributed by atoms with Crippen molar-refractivity contribution in [2.75, 3.05) is 13.2 Å². The number of hydrogen-bond donors (Lipinski definition) is 7. The molecule has 11 heteroatoms. The van der Waals surface area contributed by atoms with Gasteiger partial charge in [-0.3, -0.25) is 0 Å². The lowest BCUT2D eigenvalue weighted by molar-refractivity contribution is -0.349. The molecule has 2 saturated heterocycles. The zero-order chi connectivity index (χ0) is 17.3. The van der Waals surface area contributed by atoms with Crippen molar-refractivity contribution in [1.82, 2.24) is 0 Å². The van der Waals surface area contributed by atoms with Crippen LogP contribution in [-0.2, 0) is 14.2 Å². The highest BCUT2D eigenvalue weighted by Crippen LogP contribution is 2.29. The standard InChI is InChI=1S/C12H21FO10/c13-11-8(19)7(18)10(4(2-15)21-11)23-12-9(20)6(17)5(16)3(1-14)22-12/h3-12,14-20H,1-2H2/t3-,4-,5+,6+,7-,8-,9-,10-,11-,12+/m1/s1. The van der Waals surface area contributed by atoms with Crippen molar-refractivity contribution < 1.29 is 54.3 Å². The molecule has 2 aliphatic rings. The van der Waals surface area contributed by atoms with Crippen LogP contribution in [0.15, 0.2) is 0 Å². The van der Waals surface area contributed by atoms with E-state index >= 15 is 0 Å². The van der Waals surface area contributed by atoms with Crippen molar-refractivity contribution in [1.29, 1.82) is 0 Å². The van der Waals surface area contributed by atoms with Crippen LogP contribution in [0.3, 0.4) is 0 Å². The largest absolute Gasteiger partial charge is 0.394 e. The molecule has 2 fully saturated rings. The molecule has 0 aliphatic carbocycles. The third kappa shape index (κ3) is 3.64. The van der Waals surface area contributed by atoms with E-state index < -0.39 is 74.7 Å². The van der Waals surface area contributed by atoms with Crippen molar-refractivity contribution in [3.8, 4) is 0 Å². The molecule has 0 spiro atoms. The lowest BCUT2D eigenvalue weighted by Gasteiger charge is -2.44. The van der Waals surface area contributed by atoms with Crippen LogP contribution in [0.4, 0.5) is 4.39 Å². The molecule has 0 radical (unpaired) electrons. The molecule has 0 aromatic heterocycles. The smallest absolute Gasteiger partial charge is 0.228 e. The molecule has 0 unspecified atom stereocenters. The van der Waals surface area contributed by atoms with Gasteiger partial charge in [-0.2, -0.15) is 0 Å². The van der Waals surface area contributed by atoms with E-state index in [0.717, 1.165) is 0 Å². The van der Waals surface area contributed by atoms with Gasteiger partial charge in [0.25, 0.3) is 0 Å². The average Bonchev–Trinajstić information content (AvgIpc) is 2.55. The Morgan fingerprint density at radius 3 is 1.91 bits per heavy atom. The molecule has 2 rings (SSSR count). The van der Waals surface area contributed by atoms with E-state index in [1.54, 1.807) is 0 Å². The third-order valence-corrected chi connectivity index (χ3v) is 3.95. The normalized spacial score (nSPS) is 51.7. The maximum absolute atomic E-state index is 13.3. The molecule has 10 atom stereocenters. The third-order valence-electron chi connectivity index (χ3n) is 3.95. The molecule has 0 saturated carbocycles. The van der Waals surface area contributed by atoms with E-state index in [9.17, 15) is 35.0 Å². The lowest BCUT2D eigenvalue weighted by Crippen LogP contribution is -2.64. The van der Waals surface area contributed by atoms with Gasteiger partial charge in [-0.15, -0.1) is 0 Å². The van der Waals surface area contributed by atoms with E-state index in [2.05, 4.69) is 4.74 Å². The summed E-state index contributed by atoms with van der Waals surface area (Å²) >= 11 is 0. The number of halogens is 1. The SMILES string of the molecule is OC[C@H]1O[C@@H](O[C@H]2[C@H](O)[C@@H](O)[C@H](F)O[C@@H]2CO)[C@H](O)[C@@H](O)[C@H]1O. The van der Waals surface area contributed by atoms with Crippen LogP contribution in [-0.4, -0.2) is 110 Å². The Bertz CT molecular complexity index is 383. The Morgan fingerprint density at radius 1 is 0.739 bits per heavy atom. The van der Waals surface area contributed by atoms with Gasteiger partial charge in [0.05, 0.1) is 13.2 Å². The zero-order valence-electron chi connectivity index (χ0n) is 11.9. The Labute approximate surface area is 130 Å². The summed E-state index contributed by atoms with van der Waals surface area (Å²) < 4.78 is 28.3. The quantitative estimate of drug-likeness (QED) is 0.264. The summed E-state index contributed by atoms with van der Waals surface area (Å²) in [5.41, 5.74) is 0. The second-order valence-electron chi connectivity index (χ2n) is 5.49. The van der Waals surface area contributed by atoms with Gasteiger partial charge in [-0.1, -0.05) is 0 Å². The van der Waals surface area contributed by atoms with E-state index in [4.69, 9.17) is 14.6 Å². The Kier molecular flexibility index (Phi) is 6.24.